The Morgan fingerprint density at radius 3 is 2.81 bits per heavy atom. The molecule has 3 rings (SSSR count). The average molecular weight is 385 g/mol. The zero-order valence-corrected chi connectivity index (χ0v) is 15.8. The summed E-state index contributed by atoms with van der Waals surface area (Å²) >= 11 is 1.54. The molecule has 0 spiro atoms. The Balaban J connectivity index is 1.65. The van der Waals surface area contributed by atoms with E-state index < -0.39 is 18.0 Å². The van der Waals surface area contributed by atoms with Crippen molar-refractivity contribution in [1.29, 1.82) is 0 Å². The van der Waals surface area contributed by atoms with Crippen molar-refractivity contribution in [2.24, 2.45) is 5.92 Å². The van der Waals surface area contributed by atoms with Crippen molar-refractivity contribution >= 4 is 23.6 Å². The van der Waals surface area contributed by atoms with Crippen molar-refractivity contribution in [2.45, 2.75) is 55.7 Å². The summed E-state index contributed by atoms with van der Waals surface area (Å²) in [5, 5.41) is 35.4. The first-order valence-electron chi connectivity index (χ1n) is 9.03. The number of nitrogens with zero attached hydrogens (tertiary/aromatic N) is 1. The number of amides is 1. The second kappa shape index (κ2) is 7.85. The van der Waals surface area contributed by atoms with Crippen LogP contribution in [0, 0.1) is 5.92 Å². The molecule has 0 bridgehead atoms. The van der Waals surface area contributed by atoms with E-state index in [-0.39, 0.29) is 41.6 Å². The number of likely N-dealkylation sites (N-methyl/N-ethyl adjacent to an activating group) is 1. The molecule has 26 heavy (non-hydrogen) atoms. The minimum absolute atomic E-state index is 0.0444. The summed E-state index contributed by atoms with van der Waals surface area (Å²) < 4.78 is 0. The third-order valence-electron chi connectivity index (χ3n) is 5.58. The molecule has 2 saturated heterocycles. The Morgan fingerprint density at radius 2 is 2.23 bits per heavy atom. The smallest absolute Gasteiger partial charge is 0.353 e. The molecule has 1 amide bonds. The molecule has 1 unspecified atom stereocenters. The van der Waals surface area contributed by atoms with Gasteiger partial charge in [-0.25, -0.2) is 4.79 Å². The van der Waals surface area contributed by atoms with Crippen LogP contribution < -0.4 is 10.6 Å². The van der Waals surface area contributed by atoms with E-state index in [4.69, 9.17) is 0 Å². The third-order valence-corrected chi connectivity index (χ3v) is 6.92. The number of carboxylic acid groups (broad SMARTS) is 1. The second-order valence-electron chi connectivity index (χ2n) is 7.31. The predicted molar refractivity (Wildman–Crippen MR) is 97.4 cm³/mol. The lowest BCUT2D eigenvalue weighted by Gasteiger charge is -2.44. The number of β-lactam (4-membered cyclic amide) rings is 1. The van der Waals surface area contributed by atoms with Crippen molar-refractivity contribution in [3.05, 3.63) is 10.6 Å². The van der Waals surface area contributed by atoms with E-state index in [0.29, 0.717) is 6.42 Å². The summed E-state index contributed by atoms with van der Waals surface area (Å²) in [6.45, 7) is 2.43. The van der Waals surface area contributed by atoms with Gasteiger partial charge in [-0.15, -0.1) is 11.8 Å². The highest BCUT2D eigenvalue weighted by molar-refractivity contribution is 8.03. The number of nitrogens with one attached hydrogen (secondary N) is 2. The molecule has 5 N–H and O–H groups in total. The van der Waals surface area contributed by atoms with E-state index in [2.05, 4.69) is 10.6 Å². The van der Waals surface area contributed by atoms with Gasteiger partial charge in [0.2, 0.25) is 5.91 Å². The number of aliphatic hydroxyl groups is 2. The highest BCUT2D eigenvalue weighted by atomic mass is 32.2. The Kier molecular flexibility index (Phi) is 5.93. The van der Waals surface area contributed by atoms with E-state index in [1.165, 1.54) is 16.7 Å². The molecule has 0 radical (unpaired) electrons. The van der Waals surface area contributed by atoms with Gasteiger partial charge < -0.3 is 30.9 Å². The van der Waals surface area contributed by atoms with Gasteiger partial charge >= 0.3 is 5.97 Å². The minimum atomic E-state index is -1.08. The van der Waals surface area contributed by atoms with E-state index in [1.54, 1.807) is 6.92 Å². The van der Waals surface area contributed by atoms with Crippen LogP contribution in [-0.4, -0.2) is 81.8 Å². The van der Waals surface area contributed by atoms with Crippen LogP contribution in [0.4, 0.5) is 0 Å². The Labute approximate surface area is 157 Å². The third kappa shape index (κ3) is 3.50. The molecule has 2 fully saturated rings. The molecule has 6 atom stereocenters. The standard InChI is InChI=1S/C17H27N3O5S/c1-8(22)14-12-5-13(15(17(24)25)20(12)16(14)23)26-11-4-9(19-6-11)3-10(7-21)18-2/h8-12,14,18-19,21-22H,3-7H2,1-2H3,(H,24,25)/t8-,9-,10?,11+,12-,14-/m1/s1. The molecule has 0 aromatic carbocycles. The maximum Gasteiger partial charge on any atom is 0.353 e. The molecule has 8 nitrogen and oxygen atoms in total. The number of carboxylic acids is 1. The summed E-state index contributed by atoms with van der Waals surface area (Å²) in [5.74, 6) is -1.87. The van der Waals surface area contributed by atoms with Crippen molar-refractivity contribution < 1.29 is 24.9 Å². The average Bonchev–Trinajstić information content (AvgIpc) is 3.15. The SMILES string of the molecule is CNC(CO)C[C@@H]1C[C@H](SC2=C(C(=O)O)N3C(=O)[C@H]([C@@H](C)O)[C@H]3C2)CN1. The van der Waals surface area contributed by atoms with Crippen LogP contribution in [0.3, 0.4) is 0 Å². The van der Waals surface area contributed by atoms with Crippen LogP contribution >= 0.6 is 11.8 Å². The molecule has 3 aliphatic rings. The summed E-state index contributed by atoms with van der Waals surface area (Å²) in [4.78, 5) is 26.0. The minimum Gasteiger partial charge on any atom is -0.477 e. The highest BCUT2D eigenvalue weighted by Gasteiger charge is 2.57. The normalized spacial score (nSPS) is 33.2. The summed E-state index contributed by atoms with van der Waals surface area (Å²) in [6, 6.07) is 0.0866. The highest BCUT2D eigenvalue weighted by Crippen LogP contribution is 2.48. The lowest BCUT2D eigenvalue weighted by Crippen LogP contribution is -2.61. The number of aliphatic carboxylic acids is 1. The van der Waals surface area contributed by atoms with Crippen LogP contribution in [0.5, 0.6) is 0 Å². The van der Waals surface area contributed by atoms with Gasteiger partial charge in [0.15, 0.2) is 0 Å². The summed E-state index contributed by atoms with van der Waals surface area (Å²) in [5.41, 5.74) is 0.0915. The molecule has 0 saturated carbocycles. The van der Waals surface area contributed by atoms with Gasteiger partial charge in [0.1, 0.15) is 5.70 Å². The molecule has 9 heteroatoms. The molecular weight excluding hydrogens is 358 g/mol. The maximum absolute atomic E-state index is 12.2. The second-order valence-corrected chi connectivity index (χ2v) is 8.70. The Bertz CT molecular complexity index is 607. The Hall–Kier alpha value is -1.13. The fourth-order valence-corrected chi connectivity index (χ4v) is 5.69. The predicted octanol–water partition coefficient (Wildman–Crippen LogP) is -0.672. The van der Waals surface area contributed by atoms with Gasteiger partial charge in [-0.05, 0) is 26.8 Å². The maximum atomic E-state index is 12.2. The number of fused-ring (bicyclic) bond motifs is 1. The van der Waals surface area contributed by atoms with Gasteiger partial charge in [-0.2, -0.15) is 0 Å². The van der Waals surface area contributed by atoms with E-state index in [0.717, 1.165) is 24.3 Å². The lowest BCUT2D eigenvalue weighted by atomic mass is 9.83. The topological polar surface area (TPSA) is 122 Å². The number of carbonyl (C=O) groups is 2. The molecular formula is C17H27N3O5S. The molecule has 3 heterocycles. The molecule has 0 aliphatic carbocycles. The van der Waals surface area contributed by atoms with Crippen molar-refractivity contribution in [3.63, 3.8) is 0 Å². The molecule has 3 aliphatic heterocycles. The zero-order valence-electron chi connectivity index (χ0n) is 15.0. The molecule has 146 valence electrons. The summed E-state index contributed by atoms with van der Waals surface area (Å²) in [7, 11) is 1.82. The van der Waals surface area contributed by atoms with Gasteiger partial charge in [-0.1, -0.05) is 0 Å². The van der Waals surface area contributed by atoms with E-state index in [1.807, 2.05) is 7.05 Å². The Morgan fingerprint density at radius 1 is 1.50 bits per heavy atom. The van der Waals surface area contributed by atoms with Crippen LogP contribution in [0.25, 0.3) is 0 Å². The van der Waals surface area contributed by atoms with Crippen molar-refractivity contribution in [1.82, 2.24) is 15.5 Å². The van der Waals surface area contributed by atoms with Gasteiger partial charge in [0.25, 0.3) is 0 Å². The van der Waals surface area contributed by atoms with Crippen molar-refractivity contribution in [2.75, 3.05) is 20.2 Å². The van der Waals surface area contributed by atoms with Crippen molar-refractivity contribution in [3.8, 4) is 0 Å². The largest absolute Gasteiger partial charge is 0.477 e. The number of thioether (sulfide) groups is 1. The van der Waals surface area contributed by atoms with Gasteiger partial charge in [0, 0.05) is 35.2 Å². The first kappa shape index (κ1) is 19.6. The zero-order chi connectivity index (χ0) is 19.0. The number of hydrogen-bond acceptors (Lipinski definition) is 7. The quantitative estimate of drug-likeness (QED) is 0.349. The molecule has 0 aromatic rings. The first-order valence-corrected chi connectivity index (χ1v) is 9.91. The van der Waals surface area contributed by atoms with Crippen LogP contribution in [-0.2, 0) is 9.59 Å². The van der Waals surface area contributed by atoms with Crippen LogP contribution in [0.15, 0.2) is 10.6 Å². The first-order chi connectivity index (χ1) is 12.4. The lowest BCUT2D eigenvalue weighted by molar-refractivity contribution is -0.161. The monoisotopic (exact) mass is 385 g/mol. The van der Waals surface area contributed by atoms with Crippen LogP contribution in [0.1, 0.15) is 26.2 Å². The number of hydrogen-bond donors (Lipinski definition) is 5. The van der Waals surface area contributed by atoms with E-state index >= 15 is 0 Å². The fourth-order valence-electron chi connectivity index (χ4n) is 4.22. The van der Waals surface area contributed by atoms with Crippen LogP contribution in [0.2, 0.25) is 0 Å². The fraction of sp³-hybridized carbons (Fsp3) is 0.765. The van der Waals surface area contributed by atoms with Gasteiger partial charge in [-0.3, -0.25) is 4.79 Å². The summed E-state index contributed by atoms with van der Waals surface area (Å²) in [6.07, 6.45) is 1.44. The number of aliphatic hydroxyl groups excluding tert-OH is 2. The van der Waals surface area contributed by atoms with Gasteiger partial charge in [0.05, 0.1) is 24.7 Å². The van der Waals surface area contributed by atoms with E-state index in [9.17, 15) is 24.9 Å². The number of carbonyl (C=O) groups excluding carboxylic acids is 1. The number of rotatable bonds is 8. The molecule has 0 aromatic heterocycles.